The molecule has 0 aliphatic heterocycles. The van der Waals surface area contributed by atoms with Crippen LogP contribution in [0.2, 0.25) is 0 Å². The van der Waals surface area contributed by atoms with Gasteiger partial charge in [0.15, 0.2) is 0 Å². The maximum absolute atomic E-state index is 11.9. The van der Waals surface area contributed by atoms with Crippen molar-refractivity contribution in [1.82, 2.24) is 5.32 Å². The number of carbonyl (C=O) groups excluding carboxylic acids is 1. The van der Waals surface area contributed by atoms with Crippen molar-refractivity contribution in [3.05, 3.63) is 34.3 Å². The van der Waals surface area contributed by atoms with Crippen molar-refractivity contribution < 1.29 is 4.79 Å². The Morgan fingerprint density at radius 3 is 2.56 bits per heavy atom. The molecule has 0 bridgehead atoms. The third-order valence-electron chi connectivity index (χ3n) is 2.31. The summed E-state index contributed by atoms with van der Waals surface area (Å²) >= 11 is 5.17. The summed E-state index contributed by atoms with van der Waals surface area (Å²) in [4.78, 5) is 11.9. The molecular weight excluding hydrogens is 310 g/mol. The Morgan fingerprint density at radius 1 is 1.39 bits per heavy atom. The largest absolute Gasteiger partial charge is 0.351 e. The number of benzene rings is 1. The van der Waals surface area contributed by atoms with Crippen molar-refractivity contribution in [2.24, 2.45) is 0 Å². The first-order chi connectivity index (χ1) is 8.29. The van der Waals surface area contributed by atoms with Crippen LogP contribution < -0.4 is 5.32 Å². The second-order valence-electron chi connectivity index (χ2n) is 5.28. The zero-order valence-electron chi connectivity index (χ0n) is 11.3. The summed E-state index contributed by atoms with van der Waals surface area (Å²) in [6.07, 6.45) is 0. The number of rotatable bonds is 4. The highest BCUT2D eigenvalue weighted by molar-refractivity contribution is 9.10. The first kappa shape index (κ1) is 15.6. The molecule has 0 saturated carbocycles. The van der Waals surface area contributed by atoms with Crippen molar-refractivity contribution in [3.63, 3.8) is 0 Å². The molecule has 1 N–H and O–H groups in total. The minimum Gasteiger partial charge on any atom is -0.351 e. The van der Waals surface area contributed by atoms with Crippen LogP contribution in [-0.2, 0) is 10.5 Å². The van der Waals surface area contributed by atoms with Crippen LogP contribution in [0.5, 0.6) is 0 Å². The van der Waals surface area contributed by atoms with Crippen LogP contribution in [0, 0.1) is 0 Å². The molecule has 100 valence electrons. The molecule has 0 radical (unpaired) electrons. The average molecular weight is 330 g/mol. The SMILES string of the molecule is CC(SCc1ccccc1Br)C(=O)NC(C)(C)C. The summed E-state index contributed by atoms with van der Waals surface area (Å²) < 4.78 is 1.10. The summed E-state index contributed by atoms with van der Waals surface area (Å²) in [5.41, 5.74) is 1.05. The predicted octanol–water partition coefficient (Wildman–Crippen LogP) is 3.99. The van der Waals surface area contributed by atoms with Gasteiger partial charge in [-0.25, -0.2) is 0 Å². The molecule has 4 heteroatoms. The summed E-state index contributed by atoms with van der Waals surface area (Å²) in [6.45, 7) is 7.94. The molecular formula is C14H20BrNOS. The lowest BCUT2D eigenvalue weighted by Crippen LogP contribution is -2.44. The molecule has 18 heavy (non-hydrogen) atoms. The highest BCUT2D eigenvalue weighted by Gasteiger charge is 2.19. The lowest BCUT2D eigenvalue weighted by Gasteiger charge is -2.23. The topological polar surface area (TPSA) is 29.1 Å². The molecule has 1 aromatic rings. The second-order valence-corrected chi connectivity index (χ2v) is 7.47. The Kier molecular flexibility index (Phi) is 5.73. The van der Waals surface area contributed by atoms with Crippen molar-refractivity contribution in [3.8, 4) is 0 Å². The monoisotopic (exact) mass is 329 g/mol. The van der Waals surface area contributed by atoms with Crippen LogP contribution in [0.4, 0.5) is 0 Å². The summed E-state index contributed by atoms with van der Waals surface area (Å²) in [5, 5.41) is 2.95. The van der Waals surface area contributed by atoms with E-state index in [1.165, 1.54) is 5.56 Å². The normalized spacial score (nSPS) is 13.2. The van der Waals surface area contributed by atoms with Gasteiger partial charge < -0.3 is 5.32 Å². The van der Waals surface area contributed by atoms with E-state index in [0.29, 0.717) is 0 Å². The third-order valence-corrected chi connectivity index (χ3v) is 4.28. The molecule has 0 aliphatic rings. The quantitative estimate of drug-likeness (QED) is 0.904. The second kappa shape index (κ2) is 6.62. The molecule has 0 heterocycles. The van der Waals surface area contributed by atoms with Crippen molar-refractivity contribution in [1.29, 1.82) is 0 Å². The maximum Gasteiger partial charge on any atom is 0.233 e. The van der Waals surface area contributed by atoms with Gasteiger partial charge in [0.1, 0.15) is 0 Å². The van der Waals surface area contributed by atoms with Crippen molar-refractivity contribution in [2.75, 3.05) is 0 Å². The zero-order valence-corrected chi connectivity index (χ0v) is 13.7. The number of hydrogen-bond donors (Lipinski definition) is 1. The number of hydrogen-bond acceptors (Lipinski definition) is 2. The molecule has 1 atom stereocenters. The van der Waals surface area contributed by atoms with E-state index in [1.54, 1.807) is 11.8 Å². The number of nitrogens with one attached hydrogen (secondary N) is 1. The summed E-state index contributed by atoms with van der Waals surface area (Å²) in [7, 11) is 0. The average Bonchev–Trinajstić information content (AvgIpc) is 2.25. The first-order valence-electron chi connectivity index (χ1n) is 5.96. The molecule has 2 nitrogen and oxygen atoms in total. The number of halogens is 1. The van der Waals surface area contributed by atoms with E-state index in [2.05, 4.69) is 27.3 Å². The standard InChI is InChI=1S/C14H20BrNOS/c1-10(13(17)16-14(2,3)4)18-9-11-7-5-6-8-12(11)15/h5-8,10H,9H2,1-4H3,(H,16,17). The number of amides is 1. The van der Waals surface area contributed by atoms with Gasteiger partial charge in [-0.15, -0.1) is 11.8 Å². The number of carbonyl (C=O) groups is 1. The van der Waals surface area contributed by atoms with Gasteiger partial charge in [0.05, 0.1) is 5.25 Å². The molecule has 0 aliphatic carbocycles. The fourth-order valence-corrected chi connectivity index (χ4v) is 2.88. The highest BCUT2D eigenvalue weighted by Crippen LogP contribution is 2.24. The Labute approximate surface area is 122 Å². The van der Waals surface area contributed by atoms with Crippen LogP contribution in [0.1, 0.15) is 33.3 Å². The molecule has 1 rings (SSSR count). The Morgan fingerprint density at radius 2 is 2.00 bits per heavy atom. The van der Waals surface area contributed by atoms with Gasteiger partial charge in [0, 0.05) is 15.8 Å². The van der Waals surface area contributed by atoms with Crippen molar-refractivity contribution in [2.45, 2.75) is 44.2 Å². The van der Waals surface area contributed by atoms with E-state index in [1.807, 2.05) is 45.9 Å². The van der Waals surface area contributed by atoms with Crippen LogP contribution in [0.3, 0.4) is 0 Å². The molecule has 0 saturated heterocycles. The molecule has 1 amide bonds. The summed E-state index contributed by atoms with van der Waals surface area (Å²) in [5.74, 6) is 0.930. The van der Waals surface area contributed by atoms with Gasteiger partial charge in [0.2, 0.25) is 5.91 Å². The molecule has 1 aromatic carbocycles. The minimum absolute atomic E-state index is 0.0451. The van der Waals surface area contributed by atoms with E-state index >= 15 is 0 Å². The predicted molar refractivity (Wildman–Crippen MR) is 82.8 cm³/mol. The van der Waals surface area contributed by atoms with E-state index in [-0.39, 0.29) is 16.7 Å². The van der Waals surface area contributed by atoms with E-state index < -0.39 is 0 Å². The van der Waals surface area contributed by atoms with Crippen LogP contribution >= 0.6 is 27.7 Å². The van der Waals surface area contributed by atoms with Crippen LogP contribution in [0.25, 0.3) is 0 Å². The smallest absolute Gasteiger partial charge is 0.233 e. The fraction of sp³-hybridized carbons (Fsp3) is 0.500. The Hall–Kier alpha value is -0.480. The van der Waals surface area contributed by atoms with Gasteiger partial charge in [-0.1, -0.05) is 34.1 Å². The van der Waals surface area contributed by atoms with Crippen molar-refractivity contribution >= 4 is 33.6 Å². The third kappa shape index (κ3) is 5.44. The lowest BCUT2D eigenvalue weighted by molar-refractivity contribution is -0.121. The minimum atomic E-state index is -0.167. The lowest BCUT2D eigenvalue weighted by atomic mass is 10.1. The molecule has 1 unspecified atom stereocenters. The molecule has 0 spiro atoms. The van der Waals surface area contributed by atoms with E-state index in [4.69, 9.17) is 0 Å². The molecule has 0 fully saturated rings. The van der Waals surface area contributed by atoms with Gasteiger partial charge in [-0.2, -0.15) is 0 Å². The maximum atomic E-state index is 11.9. The van der Waals surface area contributed by atoms with Gasteiger partial charge in [-0.05, 0) is 39.3 Å². The van der Waals surface area contributed by atoms with Gasteiger partial charge in [0.25, 0.3) is 0 Å². The summed E-state index contributed by atoms with van der Waals surface area (Å²) in [6, 6.07) is 8.11. The Bertz CT molecular complexity index is 415. The van der Waals surface area contributed by atoms with Gasteiger partial charge >= 0.3 is 0 Å². The van der Waals surface area contributed by atoms with E-state index in [9.17, 15) is 4.79 Å². The fourth-order valence-electron chi connectivity index (χ4n) is 1.38. The number of thioether (sulfide) groups is 1. The van der Waals surface area contributed by atoms with Crippen LogP contribution in [0.15, 0.2) is 28.7 Å². The van der Waals surface area contributed by atoms with Crippen LogP contribution in [-0.4, -0.2) is 16.7 Å². The van der Waals surface area contributed by atoms with Gasteiger partial charge in [-0.3, -0.25) is 4.79 Å². The van der Waals surface area contributed by atoms with E-state index in [0.717, 1.165) is 10.2 Å². The molecule has 0 aromatic heterocycles. The Balaban J connectivity index is 2.49. The first-order valence-corrected chi connectivity index (χ1v) is 7.81. The highest BCUT2D eigenvalue weighted by atomic mass is 79.9. The zero-order chi connectivity index (χ0) is 13.8.